The zero-order valence-corrected chi connectivity index (χ0v) is 15.1. The Morgan fingerprint density at radius 2 is 1.84 bits per heavy atom. The number of carbonyl (C=O) groups is 2. The lowest BCUT2D eigenvalue weighted by atomic mass is 10.2. The summed E-state index contributed by atoms with van der Waals surface area (Å²) < 4.78 is 30.1. The Morgan fingerprint density at radius 1 is 1.20 bits per heavy atom. The highest BCUT2D eigenvalue weighted by molar-refractivity contribution is 7.88. The fraction of sp³-hybridized carbons (Fsp3) is 0.625. The SMILES string of the molecule is CS(=O)(=O)N(CCC(=O)N1CCN(C(=O)c2ccco2)CC1)C1CC1. The monoisotopic (exact) mass is 369 g/mol. The van der Waals surface area contributed by atoms with Crippen molar-refractivity contribution in [3.05, 3.63) is 24.2 Å². The zero-order valence-electron chi connectivity index (χ0n) is 14.3. The number of nitrogens with zero attached hydrogens (tertiary/aromatic N) is 3. The van der Waals surface area contributed by atoms with E-state index in [0.29, 0.717) is 31.9 Å². The molecule has 1 aromatic heterocycles. The van der Waals surface area contributed by atoms with E-state index in [0.717, 1.165) is 12.8 Å². The minimum Gasteiger partial charge on any atom is -0.459 e. The molecule has 1 aromatic rings. The highest BCUT2D eigenvalue weighted by Gasteiger charge is 2.35. The van der Waals surface area contributed by atoms with Crippen LogP contribution >= 0.6 is 0 Å². The fourth-order valence-electron chi connectivity index (χ4n) is 3.06. The molecule has 0 bridgehead atoms. The Kier molecular flexibility index (Phi) is 5.14. The summed E-state index contributed by atoms with van der Waals surface area (Å²) in [7, 11) is -3.27. The maximum absolute atomic E-state index is 12.4. The molecule has 25 heavy (non-hydrogen) atoms. The molecule has 2 aliphatic rings. The molecule has 0 radical (unpaired) electrons. The molecule has 0 aromatic carbocycles. The normalized spacial score (nSPS) is 18.6. The van der Waals surface area contributed by atoms with Gasteiger partial charge in [-0.25, -0.2) is 8.42 Å². The second-order valence-electron chi connectivity index (χ2n) is 6.51. The van der Waals surface area contributed by atoms with Crippen LogP contribution in [0.15, 0.2) is 22.8 Å². The van der Waals surface area contributed by atoms with Gasteiger partial charge < -0.3 is 14.2 Å². The molecule has 1 aliphatic carbocycles. The van der Waals surface area contributed by atoms with Crippen molar-refractivity contribution in [1.82, 2.24) is 14.1 Å². The number of piperazine rings is 1. The third-order valence-corrected chi connectivity index (χ3v) is 5.91. The molecule has 0 spiro atoms. The molecule has 0 unspecified atom stereocenters. The average molecular weight is 369 g/mol. The van der Waals surface area contributed by atoms with Gasteiger partial charge in [-0.05, 0) is 25.0 Å². The highest BCUT2D eigenvalue weighted by Crippen LogP contribution is 2.29. The molecule has 2 heterocycles. The molecule has 3 rings (SSSR count). The van der Waals surface area contributed by atoms with Crippen molar-refractivity contribution >= 4 is 21.8 Å². The minimum absolute atomic E-state index is 0.0607. The number of carbonyl (C=O) groups excluding carboxylic acids is 2. The Balaban J connectivity index is 1.47. The number of rotatable bonds is 6. The summed E-state index contributed by atoms with van der Waals surface area (Å²) in [5.74, 6) is 0.0569. The minimum atomic E-state index is -3.27. The summed E-state index contributed by atoms with van der Waals surface area (Å²) >= 11 is 0. The zero-order chi connectivity index (χ0) is 18.0. The van der Waals surface area contributed by atoms with Crippen LogP contribution in [0.4, 0.5) is 0 Å². The Bertz CT molecular complexity index is 719. The van der Waals surface area contributed by atoms with E-state index in [9.17, 15) is 18.0 Å². The summed E-state index contributed by atoms with van der Waals surface area (Å²) in [5, 5.41) is 0. The summed E-state index contributed by atoms with van der Waals surface area (Å²) in [6, 6.07) is 3.35. The van der Waals surface area contributed by atoms with E-state index in [2.05, 4.69) is 0 Å². The van der Waals surface area contributed by atoms with E-state index in [1.807, 2.05) is 0 Å². The molecule has 0 N–H and O–H groups in total. The van der Waals surface area contributed by atoms with E-state index >= 15 is 0 Å². The first-order chi connectivity index (χ1) is 11.9. The van der Waals surface area contributed by atoms with Crippen molar-refractivity contribution in [2.24, 2.45) is 0 Å². The van der Waals surface area contributed by atoms with Gasteiger partial charge in [-0.15, -0.1) is 0 Å². The molecule has 1 saturated carbocycles. The number of amides is 2. The summed E-state index contributed by atoms with van der Waals surface area (Å²) in [6.45, 7) is 2.03. The Labute approximate surface area is 147 Å². The number of hydrogen-bond acceptors (Lipinski definition) is 5. The third-order valence-electron chi connectivity index (χ3n) is 4.58. The van der Waals surface area contributed by atoms with Crippen molar-refractivity contribution in [1.29, 1.82) is 0 Å². The lowest BCUT2D eigenvalue weighted by molar-refractivity contribution is -0.132. The molecule has 1 aliphatic heterocycles. The van der Waals surface area contributed by atoms with Gasteiger partial charge in [0.25, 0.3) is 5.91 Å². The van der Waals surface area contributed by atoms with E-state index in [4.69, 9.17) is 4.42 Å². The van der Waals surface area contributed by atoms with Crippen molar-refractivity contribution < 1.29 is 22.4 Å². The van der Waals surface area contributed by atoms with Crippen LogP contribution < -0.4 is 0 Å². The number of sulfonamides is 1. The third kappa shape index (κ3) is 4.40. The maximum atomic E-state index is 12.4. The van der Waals surface area contributed by atoms with Gasteiger partial charge in [0.1, 0.15) is 0 Å². The predicted molar refractivity (Wildman–Crippen MR) is 90.4 cm³/mol. The van der Waals surface area contributed by atoms with Crippen LogP contribution in [0.2, 0.25) is 0 Å². The highest BCUT2D eigenvalue weighted by atomic mass is 32.2. The largest absolute Gasteiger partial charge is 0.459 e. The van der Waals surface area contributed by atoms with Gasteiger partial charge >= 0.3 is 0 Å². The quantitative estimate of drug-likeness (QED) is 0.723. The molecule has 138 valence electrons. The molecule has 8 nitrogen and oxygen atoms in total. The van der Waals surface area contributed by atoms with Gasteiger partial charge in [0, 0.05) is 45.2 Å². The van der Waals surface area contributed by atoms with E-state index in [1.54, 1.807) is 21.9 Å². The number of furan rings is 1. The first-order valence-electron chi connectivity index (χ1n) is 8.43. The van der Waals surface area contributed by atoms with E-state index in [1.165, 1.54) is 16.8 Å². The molecular weight excluding hydrogens is 346 g/mol. The fourth-order valence-corrected chi connectivity index (χ4v) is 4.24. The summed E-state index contributed by atoms with van der Waals surface area (Å²) in [5.41, 5.74) is 0. The summed E-state index contributed by atoms with van der Waals surface area (Å²) in [4.78, 5) is 27.9. The lowest BCUT2D eigenvalue weighted by Crippen LogP contribution is -2.51. The lowest BCUT2D eigenvalue weighted by Gasteiger charge is -2.34. The van der Waals surface area contributed by atoms with Crippen LogP contribution in [0.1, 0.15) is 29.8 Å². The van der Waals surface area contributed by atoms with Crippen LogP contribution in [0.25, 0.3) is 0 Å². The van der Waals surface area contributed by atoms with Gasteiger partial charge in [0.2, 0.25) is 15.9 Å². The second-order valence-corrected chi connectivity index (χ2v) is 8.44. The Hall–Kier alpha value is -1.87. The predicted octanol–water partition coefficient (Wildman–Crippen LogP) is 0.378. The van der Waals surface area contributed by atoms with E-state index < -0.39 is 10.0 Å². The topological polar surface area (TPSA) is 91.1 Å². The standard InChI is InChI=1S/C16H23N3O5S/c1-25(22,23)19(13-4-5-13)7-6-15(20)17-8-10-18(11-9-17)16(21)14-3-2-12-24-14/h2-3,12-13H,4-11H2,1H3. The average Bonchev–Trinajstić information content (AvgIpc) is 3.25. The van der Waals surface area contributed by atoms with Gasteiger partial charge in [-0.3, -0.25) is 9.59 Å². The van der Waals surface area contributed by atoms with Crippen LogP contribution in [0, 0.1) is 0 Å². The van der Waals surface area contributed by atoms with Crippen LogP contribution in [0.3, 0.4) is 0 Å². The van der Waals surface area contributed by atoms with Gasteiger partial charge in [0.05, 0.1) is 12.5 Å². The van der Waals surface area contributed by atoms with Gasteiger partial charge in [-0.1, -0.05) is 0 Å². The maximum Gasteiger partial charge on any atom is 0.289 e. The molecular formula is C16H23N3O5S. The molecule has 9 heteroatoms. The van der Waals surface area contributed by atoms with Crippen LogP contribution in [-0.2, 0) is 14.8 Å². The van der Waals surface area contributed by atoms with Gasteiger partial charge in [0.15, 0.2) is 5.76 Å². The first-order valence-corrected chi connectivity index (χ1v) is 10.3. The second kappa shape index (κ2) is 7.17. The van der Waals surface area contributed by atoms with Gasteiger partial charge in [-0.2, -0.15) is 4.31 Å². The van der Waals surface area contributed by atoms with Crippen molar-refractivity contribution in [2.45, 2.75) is 25.3 Å². The van der Waals surface area contributed by atoms with Crippen LogP contribution in [0.5, 0.6) is 0 Å². The summed E-state index contributed by atoms with van der Waals surface area (Å²) in [6.07, 6.45) is 4.56. The molecule has 1 saturated heterocycles. The first kappa shape index (κ1) is 17.9. The molecule has 0 atom stereocenters. The van der Waals surface area contributed by atoms with E-state index in [-0.39, 0.29) is 30.8 Å². The van der Waals surface area contributed by atoms with Crippen molar-refractivity contribution in [3.8, 4) is 0 Å². The Morgan fingerprint density at radius 3 is 2.36 bits per heavy atom. The molecule has 2 fully saturated rings. The van der Waals surface area contributed by atoms with Crippen LogP contribution in [-0.4, -0.2) is 79.4 Å². The smallest absolute Gasteiger partial charge is 0.289 e. The number of hydrogen-bond donors (Lipinski definition) is 0. The van der Waals surface area contributed by atoms with Crippen molar-refractivity contribution in [2.75, 3.05) is 39.0 Å². The van der Waals surface area contributed by atoms with Crippen molar-refractivity contribution in [3.63, 3.8) is 0 Å². The molecule has 2 amide bonds.